The van der Waals surface area contributed by atoms with E-state index in [4.69, 9.17) is 0 Å². The van der Waals surface area contributed by atoms with Crippen LogP contribution in [0, 0.1) is 0 Å². The van der Waals surface area contributed by atoms with Crippen molar-refractivity contribution in [1.82, 2.24) is 14.5 Å². The number of nitrogens with zero attached hydrogens (tertiary/aromatic N) is 3. The highest BCUT2D eigenvalue weighted by atomic mass is 19.4. The van der Waals surface area contributed by atoms with Crippen LogP contribution in [0.1, 0.15) is 25.0 Å². The number of rotatable bonds is 2. The molecule has 1 aliphatic heterocycles. The number of hydrogen-bond donors (Lipinski definition) is 0. The number of hydrogen-bond acceptors (Lipinski definition) is 3. The number of aromatic nitrogens is 2. The van der Waals surface area contributed by atoms with E-state index in [1.165, 1.54) is 0 Å². The highest BCUT2D eigenvalue weighted by Crippen LogP contribution is 2.25. The van der Waals surface area contributed by atoms with Gasteiger partial charge in [-0.25, -0.2) is 4.98 Å². The number of piperidine rings is 1. The molecule has 0 saturated carbocycles. The number of amides is 1. The van der Waals surface area contributed by atoms with Gasteiger partial charge in [0.2, 0.25) is 5.91 Å². The quantitative estimate of drug-likeness (QED) is 0.824. The van der Waals surface area contributed by atoms with E-state index in [-0.39, 0.29) is 12.5 Å². The third-order valence-corrected chi connectivity index (χ3v) is 3.18. The van der Waals surface area contributed by atoms with Gasteiger partial charge in [0.15, 0.2) is 5.69 Å². The van der Waals surface area contributed by atoms with Crippen molar-refractivity contribution < 1.29 is 18.0 Å². The molecule has 0 aromatic carbocycles. The van der Waals surface area contributed by atoms with E-state index in [0.29, 0.717) is 19.2 Å². The third kappa shape index (κ3) is 3.37. The Kier molecular flexibility index (Phi) is 4.10. The van der Waals surface area contributed by atoms with Crippen LogP contribution in [0.15, 0.2) is 17.2 Å². The second-order valence-electron chi connectivity index (χ2n) is 4.68. The maximum Gasteiger partial charge on any atom is 0.433 e. The number of halogens is 3. The molecule has 1 aliphatic rings. The average Bonchev–Trinajstić information content (AvgIpc) is 2.41. The van der Waals surface area contributed by atoms with E-state index in [0.717, 1.165) is 30.2 Å². The normalized spacial score (nSPS) is 16.2. The molecule has 0 N–H and O–H groups in total. The fourth-order valence-electron chi connectivity index (χ4n) is 2.09. The molecular formula is C12H14F3N3O2. The molecule has 0 atom stereocenters. The summed E-state index contributed by atoms with van der Waals surface area (Å²) in [7, 11) is 0. The molecule has 0 aliphatic carbocycles. The van der Waals surface area contributed by atoms with Crippen LogP contribution in [0.4, 0.5) is 13.2 Å². The van der Waals surface area contributed by atoms with Gasteiger partial charge in [-0.3, -0.25) is 14.2 Å². The lowest BCUT2D eigenvalue weighted by molar-refractivity contribution is -0.141. The van der Waals surface area contributed by atoms with Gasteiger partial charge in [-0.2, -0.15) is 13.2 Å². The van der Waals surface area contributed by atoms with E-state index >= 15 is 0 Å². The van der Waals surface area contributed by atoms with Crippen LogP contribution in [0.2, 0.25) is 0 Å². The molecule has 1 fully saturated rings. The molecule has 2 heterocycles. The molecule has 1 amide bonds. The van der Waals surface area contributed by atoms with Crippen LogP contribution >= 0.6 is 0 Å². The topological polar surface area (TPSA) is 55.2 Å². The zero-order valence-corrected chi connectivity index (χ0v) is 10.7. The summed E-state index contributed by atoms with van der Waals surface area (Å²) in [5, 5.41) is 0. The highest BCUT2D eigenvalue weighted by molar-refractivity contribution is 5.76. The van der Waals surface area contributed by atoms with Crippen molar-refractivity contribution in [3.05, 3.63) is 28.4 Å². The van der Waals surface area contributed by atoms with Crippen molar-refractivity contribution >= 4 is 5.91 Å². The molecule has 0 unspecified atom stereocenters. The largest absolute Gasteiger partial charge is 0.433 e. The van der Waals surface area contributed by atoms with Gasteiger partial charge >= 0.3 is 6.18 Å². The molecule has 1 aromatic heterocycles. The zero-order valence-electron chi connectivity index (χ0n) is 10.7. The number of alkyl halides is 3. The number of carbonyl (C=O) groups excluding carboxylic acids is 1. The molecule has 2 rings (SSSR count). The predicted octanol–water partition coefficient (Wildman–Crippen LogP) is 1.27. The van der Waals surface area contributed by atoms with Crippen molar-refractivity contribution in [2.45, 2.75) is 32.0 Å². The average molecular weight is 289 g/mol. The summed E-state index contributed by atoms with van der Waals surface area (Å²) in [4.78, 5) is 28.3. The van der Waals surface area contributed by atoms with Gasteiger partial charge in [-0.15, -0.1) is 0 Å². The van der Waals surface area contributed by atoms with Gasteiger partial charge in [-0.05, 0) is 19.3 Å². The molecule has 0 radical (unpaired) electrons. The zero-order chi connectivity index (χ0) is 14.8. The molecule has 0 spiro atoms. The second kappa shape index (κ2) is 5.64. The lowest BCUT2D eigenvalue weighted by Gasteiger charge is -2.26. The van der Waals surface area contributed by atoms with Gasteiger partial charge in [0.1, 0.15) is 6.54 Å². The Bertz CT molecular complexity index is 548. The Balaban J connectivity index is 2.10. The van der Waals surface area contributed by atoms with E-state index in [2.05, 4.69) is 4.98 Å². The van der Waals surface area contributed by atoms with Crippen LogP contribution in [0.25, 0.3) is 0 Å². The Morgan fingerprint density at radius 3 is 2.45 bits per heavy atom. The van der Waals surface area contributed by atoms with E-state index in [1.807, 2.05) is 0 Å². The van der Waals surface area contributed by atoms with Crippen molar-refractivity contribution in [3.63, 3.8) is 0 Å². The van der Waals surface area contributed by atoms with Gasteiger partial charge in [-0.1, -0.05) is 0 Å². The second-order valence-corrected chi connectivity index (χ2v) is 4.68. The SMILES string of the molecule is O=C(Cn1cnc(C(F)(F)F)cc1=O)N1CCCCC1. The van der Waals surface area contributed by atoms with Crippen LogP contribution in [0.5, 0.6) is 0 Å². The first-order valence-corrected chi connectivity index (χ1v) is 6.29. The smallest absolute Gasteiger partial charge is 0.341 e. The minimum Gasteiger partial charge on any atom is -0.341 e. The Morgan fingerprint density at radius 1 is 1.25 bits per heavy atom. The van der Waals surface area contributed by atoms with E-state index in [1.54, 1.807) is 4.90 Å². The minimum atomic E-state index is -4.66. The molecule has 20 heavy (non-hydrogen) atoms. The fraction of sp³-hybridized carbons (Fsp3) is 0.583. The standard InChI is InChI=1S/C12H14F3N3O2/c13-12(14,15)9-6-10(19)18(8-16-9)7-11(20)17-4-2-1-3-5-17/h6,8H,1-5,7H2. The predicted molar refractivity (Wildman–Crippen MR) is 63.9 cm³/mol. The Hall–Kier alpha value is -1.86. The van der Waals surface area contributed by atoms with Gasteiger partial charge in [0, 0.05) is 19.2 Å². The third-order valence-electron chi connectivity index (χ3n) is 3.18. The number of carbonyl (C=O) groups is 1. The molecule has 0 bridgehead atoms. The summed E-state index contributed by atoms with van der Waals surface area (Å²) in [6.07, 6.45) is -1.01. The summed E-state index contributed by atoms with van der Waals surface area (Å²) in [5.74, 6) is -0.270. The first-order valence-electron chi connectivity index (χ1n) is 6.29. The minimum absolute atomic E-state index is 0.270. The maximum atomic E-state index is 12.4. The lowest BCUT2D eigenvalue weighted by Crippen LogP contribution is -2.39. The molecule has 8 heteroatoms. The van der Waals surface area contributed by atoms with Gasteiger partial charge < -0.3 is 4.90 Å². The maximum absolute atomic E-state index is 12.4. The van der Waals surface area contributed by atoms with Crippen molar-refractivity contribution in [2.75, 3.05) is 13.1 Å². The Labute approximate surface area is 113 Å². The van der Waals surface area contributed by atoms with Gasteiger partial charge in [0.05, 0.1) is 6.33 Å². The van der Waals surface area contributed by atoms with Crippen molar-refractivity contribution in [1.29, 1.82) is 0 Å². The van der Waals surface area contributed by atoms with Gasteiger partial charge in [0.25, 0.3) is 5.56 Å². The monoisotopic (exact) mass is 289 g/mol. The molecule has 5 nitrogen and oxygen atoms in total. The molecule has 1 saturated heterocycles. The highest BCUT2D eigenvalue weighted by Gasteiger charge is 2.33. The molecular weight excluding hydrogens is 275 g/mol. The van der Waals surface area contributed by atoms with Crippen LogP contribution in [-0.4, -0.2) is 33.4 Å². The van der Waals surface area contributed by atoms with Crippen LogP contribution < -0.4 is 5.56 Å². The fourth-order valence-corrected chi connectivity index (χ4v) is 2.09. The van der Waals surface area contributed by atoms with Crippen molar-refractivity contribution in [2.24, 2.45) is 0 Å². The summed E-state index contributed by atoms with van der Waals surface area (Å²) in [5.41, 5.74) is -2.12. The van der Waals surface area contributed by atoms with E-state index < -0.39 is 17.4 Å². The number of likely N-dealkylation sites (tertiary alicyclic amines) is 1. The summed E-state index contributed by atoms with van der Waals surface area (Å²) < 4.78 is 38.0. The van der Waals surface area contributed by atoms with E-state index in [9.17, 15) is 22.8 Å². The van der Waals surface area contributed by atoms with Crippen LogP contribution in [-0.2, 0) is 17.5 Å². The Morgan fingerprint density at radius 2 is 1.90 bits per heavy atom. The van der Waals surface area contributed by atoms with Crippen LogP contribution in [0.3, 0.4) is 0 Å². The summed E-state index contributed by atoms with van der Waals surface area (Å²) in [6, 6.07) is 0.406. The summed E-state index contributed by atoms with van der Waals surface area (Å²) in [6.45, 7) is 0.979. The van der Waals surface area contributed by atoms with Crippen molar-refractivity contribution in [3.8, 4) is 0 Å². The molecule has 110 valence electrons. The first-order chi connectivity index (χ1) is 9.38. The summed E-state index contributed by atoms with van der Waals surface area (Å²) >= 11 is 0. The first kappa shape index (κ1) is 14.5. The lowest BCUT2D eigenvalue weighted by atomic mass is 10.1. The molecule has 1 aromatic rings.